The number of alkyl halides is 3. The molecule has 0 aromatic carbocycles. The molecule has 0 saturated heterocycles. The third-order valence-corrected chi connectivity index (χ3v) is 3.74. The Morgan fingerprint density at radius 2 is 1.73 bits per heavy atom. The number of hydrogen-bond acceptors (Lipinski definition) is 0. The van der Waals surface area contributed by atoms with Crippen molar-refractivity contribution >= 4 is 11.6 Å². The van der Waals surface area contributed by atoms with Gasteiger partial charge in [-0.3, -0.25) is 0 Å². The zero-order valence-corrected chi connectivity index (χ0v) is 9.75. The molecule has 1 fully saturated rings. The first-order valence-electron chi connectivity index (χ1n) is 4.97. The van der Waals surface area contributed by atoms with Gasteiger partial charge < -0.3 is 0 Å². The molecule has 88 valence electrons. The molecule has 0 aliphatic heterocycles. The van der Waals surface area contributed by atoms with Crippen LogP contribution in [0.4, 0.5) is 13.2 Å². The van der Waals surface area contributed by atoms with Crippen molar-refractivity contribution < 1.29 is 13.2 Å². The second kappa shape index (κ2) is 4.36. The van der Waals surface area contributed by atoms with Crippen LogP contribution in [0.25, 0.3) is 0 Å². The first-order chi connectivity index (χ1) is 6.91. The van der Waals surface area contributed by atoms with Gasteiger partial charge in [0.05, 0.1) is 5.41 Å². The summed E-state index contributed by atoms with van der Waals surface area (Å²) >= 11 is 5.81. The van der Waals surface area contributed by atoms with Crippen LogP contribution < -0.4 is 0 Å². The maximum atomic E-state index is 12.6. The Bertz CT molecular complexity index is 248. The minimum absolute atomic E-state index is 0.00873. The topological polar surface area (TPSA) is 0 Å². The van der Waals surface area contributed by atoms with Gasteiger partial charge in [0.1, 0.15) is 20.0 Å². The van der Waals surface area contributed by atoms with Gasteiger partial charge in [-0.15, -0.1) is 0 Å². The molecule has 0 heterocycles. The molecule has 0 aromatic rings. The average molecular weight is 241 g/mol. The normalized spacial score (nSPS) is 25.5. The molecule has 1 aliphatic carbocycles. The van der Waals surface area contributed by atoms with Crippen LogP contribution in [0, 0.1) is 16.7 Å². The monoisotopic (exact) mass is 240 g/mol. The SMILES string of the molecule is CC1(C)CC1C=C(Cl)C(CF)(CF)CF. The van der Waals surface area contributed by atoms with Gasteiger partial charge in [-0.25, -0.2) is 13.2 Å². The van der Waals surface area contributed by atoms with Crippen LogP contribution >= 0.6 is 11.6 Å². The largest absolute Gasteiger partial charge is 0.250 e. The van der Waals surface area contributed by atoms with Crippen LogP contribution in [-0.4, -0.2) is 20.0 Å². The summed E-state index contributed by atoms with van der Waals surface area (Å²) in [7, 11) is 0. The predicted molar refractivity (Wildman–Crippen MR) is 56.2 cm³/mol. The zero-order valence-electron chi connectivity index (χ0n) is 8.99. The first kappa shape index (κ1) is 12.9. The maximum absolute atomic E-state index is 12.6. The summed E-state index contributed by atoms with van der Waals surface area (Å²) in [6.45, 7) is 0.800. The highest BCUT2D eigenvalue weighted by Gasteiger charge is 2.45. The molecule has 0 amide bonds. The Morgan fingerprint density at radius 1 is 1.33 bits per heavy atom. The van der Waals surface area contributed by atoms with E-state index < -0.39 is 25.4 Å². The standard InChI is InChI=1S/C11H16ClF3/c1-10(2)4-8(10)3-9(12)11(5-13,6-14)7-15/h3,8H,4-7H2,1-2H3. The van der Waals surface area contributed by atoms with Crippen molar-refractivity contribution in [3.05, 3.63) is 11.1 Å². The van der Waals surface area contributed by atoms with Crippen molar-refractivity contribution in [2.24, 2.45) is 16.7 Å². The van der Waals surface area contributed by atoms with Crippen molar-refractivity contribution in [3.8, 4) is 0 Å². The number of hydrogen-bond donors (Lipinski definition) is 0. The lowest BCUT2D eigenvalue weighted by Crippen LogP contribution is -2.29. The predicted octanol–water partition coefficient (Wildman–Crippen LogP) is 4.05. The van der Waals surface area contributed by atoms with Crippen LogP contribution in [0.2, 0.25) is 0 Å². The molecule has 0 N–H and O–H groups in total. The molecular formula is C11H16ClF3. The van der Waals surface area contributed by atoms with E-state index in [9.17, 15) is 13.2 Å². The van der Waals surface area contributed by atoms with E-state index in [1.165, 1.54) is 0 Å². The third-order valence-electron chi connectivity index (χ3n) is 3.21. The van der Waals surface area contributed by atoms with Crippen molar-refractivity contribution in [2.75, 3.05) is 20.0 Å². The van der Waals surface area contributed by atoms with Gasteiger partial charge in [0.2, 0.25) is 0 Å². The number of halogens is 4. The fourth-order valence-corrected chi connectivity index (χ4v) is 1.75. The van der Waals surface area contributed by atoms with Crippen molar-refractivity contribution in [1.29, 1.82) is 0 Å². The maximum Gasteiger partial charge on any atom is 0.105 e. The Balaban J connectivity index is 2.77. The molecule has 1 unspecified atom stereocenters. The van der Waals surface area contributed by atoms with Crippen LogP contribution in [0.3, 0.4) is 0 Å². The summed E-state index contributed by atoms with van der Waals surface area (Å²) in [5.74, 6) is 0.217. The second-order valence-corrected chi connectivity index (χ2v) is 5.40. The number of rotatable bonds is 5. The van der Waals surface area contributed by atoms with Crippen molar-refractivity contribution in [1.82, 2.24) is 0 Å². The van der Waals surface area contributed by atoms with E-state index >= 15 is 0 Å². The molecule has 1 rings (SSSR count). The molecule has 15 heavy (non-hydrogen) atoms. The molecule has 1 atom stereocenters. The van der Waals surface area contributed by atoms with Crippen molar-refractivity contribution in [3.63, 3.8) is 0 Å². The molecule has 0 spiro atoms. The van der Waals surface area contributed by atoms with Crippen LogP contribution in [0.1, 0.15) is 20.3 Å². The van der Waals surface area contributed by atoms with Gasteiger partial charge >= 0.3 is 0 Å². The molecule has 1 saturated carbocycles. The Hall–Kier alpha value is -0.180. The van der Waals surface area contributed by atoms with Gasteiger partial charge in [0, 0.05) is 5.03 Å². The zero-order chi connectivity index (χ0) is 11.7. The highest BCUT2D eigenvalue weighted by atomic mass is 35.5. The highest BCUT2D eigenvalue weighted by molar-refractivity contribution is 6.30. The van der Waals surface area contributed by atoms with E-state index in [2.05, 4.69) is 0 Å². The van der Waals surface area contributed by atoms with E-state index in [4.69, 9.17) is 11.6 Å². The summed E-state index contributed by atoms with van der Waals surface area (Å²) in [6, 6.07) is 0. The quantitative estimate of drug-likeness (QED) is 0.680. The lowest BCUT2D eigenvalue weighted by atomic mass is 9.91. The fourth-order valence-electron chi connectivity index (χ4n) is 1.44. The van der Waals surface area contributed by atoms with E-state index in [1.807, 2.05) is 13.8 Å². The Morgan fingerprint density at radius 3 is 2.00 bits per heavy atom. The summed E-state index contributed by atoms with van der Waals surface area (Å²) in [5, 5.41) is -0.00873. The molecule has 1 aliphatic rings. The second-order valence-electron chi connectivity index (χ2n) is 5.00. The molecule has 0 radical (unpaired) electrons. The lowest BCUT2D eigenvalue weighted by molar-refractivity contribution is 0.158. The van der Waals surface area contributed by atoms with Gasteiger partial charge in [-0.05, 0) is 17.8 Å². The summed E-state index contributed by atoms with van der Waals surface area (Å²) in [4.78, 5) is 0. The summed E-state index contributed by atoms with van der Waals surface area (Å²) < 4.78 is 37.9. The van der Waals surface area contributed by atoms with E-state index in [1.54, 1.807) is 6.08 Å². The molecule has 0 aromatic heterocycles. The van der Waals surface area contributed by atoms with Gasteiger partial charge in [-0.2, -0.15) is 0 Å². The smallest absolute Gasteiger partial charge is 0.105 e. The average Bonchev–Trinajstić information content (AvgIpc) is 2.77. The lowest BCUT2D eigenvalue weighted by Gasteiger charge is -2.23. The van der Waals surface area contributed by atoms with E-state index in [0.717, 1.165) is 6.42 Å². The van der Waals surface area contributed by atoms with Crippen LogP contribution in [-0.2, 0) is 0 Å². The third kappa shape index (κ3) is 2.49. The minimum atomic E-state index is -1.75. The molecular weight excluding hydrogens is 225 g/mol. The summed E-state index contributed by atoms with van der Waals surface area (Å²) in [5.41, 5.74) is -1.62. The minimum Gasteiger partial charge on any atom is -0.250 e. The van der Waals surface area contributed by atoms with Crippen LogP contribution in [0.15, 0.2) is 11.1 Å². The van der Waals surface area contributed by atoms with Gasteiger partial charge in [0.15, 0.2) is 0 Å². The molecule has 0 nitrogen and oxygen atoms in total. The number of allylic oxidation sites excluding steroid dienone is 2. The van der Waals surface area contributed by atoms with E-state index in [0.29, 0.717) is 0 Å². The Labute approximate surface area is 93.5 Å². The first-order valence-corrected chi connectivity index (χ1v) is 5.35. The van der Waals surface area contributed by atoms with E-state index in [-0.39, 0.29) is 16.4 Å². The summed E-state index contributed by atoms with van der Waals surface area (Å²) in [6.07, 6.45) is 2.55. The molecule has 4 heteroatoms. The van der Waals surface area contributed by atoms with Gasteiger partial charge in [-0.1, -0.05) is 31.5 Å². The van der Waals surface area contributed by atoms with Crippen molar-refractivity contribution in [2.45, 2.75) is 20.3 Å². The fraction of sp³-hybridized carbons (Fsp3) is 0.818. The highest BCUT2D eigenvalue weighted by Crippen LogP contribution is 2.54. The molecule has 0 bridgehead atoms. The Kier molecular flexibility index (Phi) is 3.75. The van der Waals surface area contributed by atoms with Gasteiger partial charge in [0.25, 0.3) is 0 Å². The van der Waals surface area contributed by atoms with Crippen LogP contribution in [0.5, 0.6) is 0 Å².